The molecule has 0 heterocycles. The van der Waals surface area contributed by atoms with Gasteiger partial charge in [-0.15, -0.1) is 0 Å². The molecule has 0 bridgehead atoms. The largest absolute Gasteiger partial charge is 0.325 e. The molecular formula is C18H26BrNO2. The maximum Gasteiger partial charge on any atom is 0.231 e. The fourth-order valence-electron chi connectivity index (χ4n) is 2.29. The lowest BCUT2D eigenvalue weighted by atomic mass is 9.90. The monoisotopic (exact) mass is 367 g/mol. The normalized spacial score (nSPS) is 13.5. The summed E-state index contributed by atoms with van der Waals surface area (Å²) in [6.45, 7) is 8.69. The lowest BCUT2D eigenvalue weighted by molar-refractivity contribution is -0.123. The highest BCUT2D eigenvalue weighted by molar-refractivity contribution is 9.09. The third kappa shape index (κ3) is 5.24. The van der Waals surface area contributed by atoms with Gasteiger partial charge in [-0.25, -0.2) is 0 Å². The highest BCUT2D eigenvalue weighted by Crippen LogP contribution is 2.31. The first-order valence-electron chi connectivity index (χ1n) is 7.94. The molecule has 1 N–H and O–H groups in total. The van der Waals surface area contributed by atoms with E-state index in [1.54, 1.807) is 0 Å². The zero-order chi connectivity index (χ0) is 16.7. The van der Waals surface area contributed by atoms with Crippen molar-refractivity contribution in [3.63, 3.8) is 0 Å². The van der Waals surface area contributed by atoms with Gasteiger partial charge in [-0.1, -0.05) is 55.8 Å². The fourth-order valence-corrected chi connectivity index (χ4v) is 2.48. The topological polar surface area (TPSA) is 46.2 Å². The molecule has 1 rings (SSSR count). The average molecular weight is 368 g/mol. The third-order valence-electron chi connectivity index (χ3n) is 4.18. The van der Waals surface area contributed by atoms with Crippen LogP contribution in [0, 0.1) is 0 Å². The molecule has 0 saturated carbocycles. The molecule has 1 aromatic carbocycles. The molecule has 0 spiro atoms. The van der Waals surface area contributed by atoms with Crippen molar-refractivity contribution in [1.82, 2.24) is 0 Å². The summed E-state index contributed by atoms with van der Waals surface area (Å²) in [6, 6.07) is 6.24. The maximum atomic E-state index is 12.0. The number of carbonyl (C=O) groups is 2. The Morgan fingerprint density at radius 3 is 2.32 bits per heavy atom. The van der Waals surface area contributed by atoms with Gasteiger partial charge in [-0.05, 0) is 41.9 Å². The van der Waals surface area contributed by atoms with Crippen LogP contribution < -0.4 is 5.32 Å². The summed E-state index contributed by atoms with van der Waals surface area (Å²) in [5.41, 5.74) is 3.28. The van der Waals surface area contributed by atoms with Crippen LogP contribution in [0.5, 0.6) is 0 Å². The van der Waals surface area contributed by atoms with Crippen molar-refractivity contribution in [3.05, 3.63) is 29.3 Å². The van der Waals surface area contributed by atoms with E-state index >= 15 is 0 Å². The molecule has 0 aromatic heterocycles. The first-order chi connectivity index (χ1) is 10.4. The Morgan fingerprint density at radius 1 is 1.14 bits per heavy atom. The molecular weight excluding hydrogens is 342 g/mol. The molecule has 0 aliphatic rings. The lowest BCUT2D eigenvalue weighted by Gasteiger charge is -2.19. The molecule has 1 amide bonds. The van der Waals surface area contributed by atoms with E-state index in [1.165, 1.54) is 5.56 Å². The number of rotatable bonds is 8. The van der Waals surface area contributed by atoms with E-state index in [-0.39, 0.29) is 23.4 Å². The fraction of sp³-hybridized carbons (Fsp3) is 0.556. The Kier molecular flexibility index (Phi) is 7.80. The van der Waals surface area contributed by atoms with Gasteiger partial charge in [0.2, 0.25) is 5.91 Å². The molecule has 1 aromatic rings. The van der Waals surface area contributed by atoms with Crippen LogP contribution in [0.25, 0.3) is 0 Å². The summed E-state index contributed by atoms with van der Waals surface area (Å²) in [7, 11) is 0. The van der Waals surface area contributed by atoms with Crippen LogP contribution in [0.4, 0.5) is 5.69 Å². The predicted molar refractivity (Wildman–Crippen MR) is 95.9 cm³/mol. The van der Waals surface area contributed by atoms with E-state index in [0.29, 0.717) is 11.8 Å². The quantitative estimate of drug-likeness (QED) is 0.518. The van der Waals surface area contributed by atoms with Crippen molar-refractivity contribution in [3.8, 4) is 0 Å². The second-order valence-electron chi connectivity index (χ2n) is 5.86. The number of halogens is 1. The molecule has 122 valence electrons. The van der Waals surface area contributed by atoms with E-state index in [1.807, 2.05) is 6.07 Å². The summed E-state index contributed by atoms with van der Waals surface area (Å²) < 4.78 is 0. The van der Waals surface area contributed by atoms with Crippen LogP contribution >= 0.6 is 15.9 Å². The van der Waals surface area contributed by atoms with Gasteiger partial charge in [0.1, 0.15) is 0 Å². The standard InChI is InChI=1S/C18H26BrNO2/c1-5-12(3)14-7-8-17(16(9-14)13(4)6-2)20-18(22)10-15(21)11-19/h7-9,12-13H,5-6,10-11H2,1-4H3,(H,20,22). The minimum Gasteiger partial charge on any atom is -0.325 e. The van der Waals surface area contributed by atoms with Crippen molar-refractivity contribution >= 4 is 33.3 Å². The van der Waals surface area contributed by atoms with Crippen LogP contribution in [0.1, 0.15) is 69.9 Å². The number of benzene rings is 1. The van der Waals surface area contributed by atoms with Crippen molar-refractivity contribution in [2.45, 2.75) is 58.8 Å². The highest BCUT2D eigenvalue weighted by Gasteiger charge is 2.15. The lowest BCUT2D eigenvalue weighted by Crippen LogP contribution is -2.18. The number of amides is 1. The van der Waals surface area contributed by atoms with Crippen LogP contribution in [0.15, 0.2) is 18.2 Å². The van der Waals surface area contributed by atoms with Crippen molar-refractivity contribution in [2.75, 3.05) is 10.6 Å². The number of carbonyl (C=O) groups excluding carboxylic acids is 2. The van der Waals surface area contributed by atoms with E-state index in [0.717, 1.165) is 24.1 Å². The minimum absolute atomic E-state index is 0.0850. The van der Waals surface area contributed by atoms with Gasteiger partial charge >= 0.3 is 0 Å². The molecule has 0 aliphatic heterocycles. The van der Waals surface area contributed by atoms with E-state index in [2.05, 4.69) is 61.1 Å². The molecule has 0 aliphatic carbocycles. The zero-order valence-electron chi connectivity index (χ0n) is 13.9. The van der Waals surface area contributed by atoms with E-state index in [4.69, 9.17) is 0 Å². The number of anilines is 1. The molecule has 4 heteroatoms. The SMILES string of the molecule is CCC(C)c1ccc(NC(=O)CC(=O)CBr)c(C(C)CC)c1. The maximum absolute atomic E-state index is 12.0. The Hall–Kier alpha value is -1.16. The van der Waals surface area contributed by atoms with Crippen LogP contribution in [0.3, 0.4) is 0 Å². The van der Waals surface area contributed by atoms with Crippen molar-refractivity contribution < 1.29 is 9.59 Å². The summed E-state index contributed by atoms with van der Waals surface area (Å²) in [4.78, 5) is 23.3. The Morgan fingerprint density at radius 2 is 1.77 bits per heavy atom. The van der Waals surface area contributed by atoms with Gasteiger partial charge in [0.05, 0.1) is 11.8 Å². The Labute approximate surface area is 142 Å². The Bertz CT molecular complexity index is 528. The zero-order valence-corrected chi connectivity index (χ0v) is 15.5. The van der Waals surface area contributed by atoms with Gasteiger partial charge in [-0.2, -0.15) is 0 Å². The van der Waals surface area contributed by atoms with Crippen molar-refractivity contribution in [1.29, 1.82) is 0 Å². The Balaban J connectivity index is 3.02. The second-order valence-corrected chi connectivity index (χ2v) is 6.42. The van der Waals surface area contributed by atoms with E-state index in [9.17, 15) is 9.59 Å². The molecule has 0 saturated heterocycles. The average Bonchev–Trinajstić information content (AvgIpc) is 2.53. The van der Waals surface area contributed by atoms with Gasteiger partial charge in [0.25, 0.3) is 0 Å². The smallest absolute Gasteiger partial charge is 0.231 e. The summed E-state index contributed by atoms with van der Waals surface area (Å²) in [5, 5.41) is 3.11. The predicted octanol–water partition coefficient (Wildman–Crippen LogP) is 5.01. The van der Waals surface area contributed by atoms with Gasteiger partial charge in [-0.3, -0.25) is 9.59 Å². The molecule has 22 heavy (non-hydrogen) atoms. The van der Waals surface area contributed by atoms with Crippen molar-refractivity contribution in [2.24, 2.45) is 0 Å². The number of Topliss-reactive ketones (excluding diaryl/α,β-unsaturated/α-hetero) is 1. The molecule has 0 fully saturated rings. The number of alkyl halides is 1. The first-order valence-corrected chi connectivity index (χ1v) is 9.06. The molecule has 2 atom stereocenters. The second kappa shape index (κ2) is 9.09. The van der Waals surface area contributed by atoms with Crippen LogP contribution in [-0.4, -0.2) is 17.0 Å². The summed E-state index contributed by atoms with van der Waals surface area (Å²) >= 11 is 3.08. The summed E-state index contributed by atoms with van der Waals surface area (Å²) in [5.74, 6) is 0.512. The third-order valence-corrected chi connectivity index (χ3v) is 4.81. The number of hydrogen-bond donors (Lipinski definition) is 1. The number of nitrogens with one attached hydrogen (secondary N) is 1. The van der Waals surface area contributed by atoms with E-state index < -0.39 is 0 Å². The van der Waals surface area contributed by atoms with Gasteiger partial charge < -0.3 is 5.32 Å². The summed E-state index contributed by atoms with van der Waals surface area (Å²) in [6.07, 6.45) is 2.01. The van der Waals surface area contributed by atoms with Crippen LogP contribution in [-0.2, 0) is 9.59 Å². The van der Waals surface area contributed by atoms with Crippen LogP contribution in [0.2, 0.25) is 0 Å². The minimum atomic E-state index is -0.245. The molecule has 2 unspecified atom stereocenters. The number of hydrogen-bond acceptors (Lipinski definition) is 2. The first kappa shape index (κ1) is 18.9. The van der Waals surface area contributed by atoms with Gasteiger partial charge in [0, 0.05) is 5.69 Å². The molecule has 0 radical (unpaired) electrons. The molecule has 3 nitrogen and oxygen atoms in total. The number of ketones is 1. The highest BCUT2D eigenvalue weighted by atomic mass is 79.9. The van der Waals surface area contributed by atoms with Gasteiger partial charge in [0.15, 0.2) is 5.78 Å².